The van der Waals surface area contributed by atoms with Gasteiger partial charge in [-0.15, -0.1) is 0 Å². The molecule has 0 heterocycles. The third kappa shape index (κ3) is 1.34. The molecule has 3 aliphatic carbocycles. The predicted octanol–water partition coefficient (Wildman–Crippen LogP) is 4.74. The van der Waals surface area contributed by atoms with Gasteiger partial charge < -0.3 is 0 Å². The second-order valence-electron chi connectivity index (χ2n) is 7.67. The minimum absolute atomic E-state index is 0.663. The normalized spacial score (nSPS) is 54.0. The summed E-state index contributed by atoms with van der Waals surface area (Å²) >= 11 is 0. The van der Waals surface area contributed by atoms with Crippen LogP contribution in [-0.2, 0) is 0 Å². The number of fused-ring (bicyclic) bond motifs is 5. The second kappa shape index (κ2) is 3.50. The van der Waals surface area contributed by atoms with Crippen LogP contribution in [0.15, 0.2) is 0 Å². The second-order valence-corrected chi connectivity index (χ2v) is 7.67. The molecule has 0 saturated heterocycles. The van der Waals surface area contributed by atoms with Crippen LogP contribution in [0, 0.1) is 40.9 Å². The zero-order chi connectivity index (χ0) is 11.5. The SMILES string of the molecule is CCC1CCC(C)C2C3CC(C12)C(C)(C)C3. The molecule has 0 N–H and O–H groups in total. The maximum absolute atomic E-state index is 2.54. The molecule has 92 valence electrons. The zero-order valence-electron chi connectivity index (χ0n) is 11.5. The molecule has 3 rings (SSSR count). The Bertz CT molecular complexity index is 276. The molecule has 0 nitrogen and oxygen atoms in total. The molecule has 0 aromatic rings. The molecule has 0 amide bonds. The summed E-state index contributed by atoms with van der Waals surface area (Å²) in [6.45, 7) is 10.0. The van der Waals surface area contributed by atoms with Crippen molar-refractivity contribution >= 4 is 0 Å². The predicted molar refractivity (Wildman–Crippen MR) is 69.2 cm³/mol. The van der Waals surface area contributed by atoms with Crippen molar-refractivity contribution in [2.45, 2.75) is 59.8 Å². The highest BCUT2D eigenvalue weighted by atomic mass is 14.6. The average molecular weight is 220 g/mol. The highest BCUT2D eigenvalue weighted by Gasteiger charge is 2.59. The lowest BCUT2D eigenvalue weighted by atomic mass is 9.56. The maximum atomic E-state index is 2.54. The van der Waals surface area contributed by atoms with E-state index in [0.29, 0.717) is 5.41 Å². The van der Waals surface area contributed by atoms with E-state index in [0.717, 1.165) is 35.5 Å². The monoisotopic (exact) mass is 220 g/mol. The summed E-state index contributed by atoms with van der Waals surface area (Å²) in [7, 11) is 0. The molecule has 0 heteroatoms. The van der Waals surface area contributed by atoms with Crippen LogP contribution in [-0.4, -0.2) is 0 Å². The largest absolute Gasteiger partial charge is 0.0651 e. The van der Waals surface area contributed by atoms with Crippen LogP contribution in [0.3, 0.4) is 0 Å². The molecule has 0 radical (unpaired) electrons. The van der Waals surface area contributed by atoms with Crippen LogP contribution in [0.4, 0.5) is 0 Å². The molecule has 0 aliphatic heterocycles. The van der Waals surface area contributed by atoms with Crippen molar-refractivity contribution in [1.82, 2.24) is 0 Å². The highest BCUT2D eigenvalue weighted by Crippen LogP contribution is 2.67. The number of hydrogen-bond acceptors (Lipinski definition) is 0. The molecule has 3 aliphatic rings. The van der Waals surface area contributed by atoms with Gasteiger partial charge in [0.05, 0.1) is 0 Å². The van der Waals surface area contributed by atoms with Gasteiger partial charge in [-0.3, -0.25) is 0 Å². The van der Waals surface area contributed by atoms with Gasteiger partial charge in [-0.25, -0.2) is 0 Å². The summed E-state index contributed by atoms with van der Waals surface area (Å²) in [4.78, 5) is 0. The van der Waals surface area contributed by atoms with Crippen LogP contribution in [0.2, 0.25) is 0 Å². The number of hydrogen-bond donors (Lipinski definition) is 0. The van der Waals surface area contributed by atoms with Crippen molar-refractivity contribution < 1.29 is 0 Å². The Balaban J connectivity index is 1.91. The van der Waals surface area contributed by atoms with Gasteiger partial charge in [0.25, 0.3) is 0 Å². The van der Waals surface area contributed by atoms with Gasteiger partial charge in [0.1, 0.15) is 0 Å². The fourth-order valence-electron chi connectivity index (χ4n) is 5.93. The molecule has 6 unspecified atom stereocenters. The van der Waals surface area contributed by atoms with E-state index in [-0.39, 0.29) is 0 Å². The summed E-state index contributed by atoms with van der Waals surface area (Å²) in [5.74, 6) is 6.46. The Hall–Kier alpha value is 0. The highest BCUT2D eigenvalue weighted by molar-refractivity contribution is 5.08. The minimum atomic E-state index is 0.663. The van der Waals surface area contributed by atoms with Crippen molar-refractivity contribution in [1.29, 1.82) is 0 Å². The first-order valence-electron chi connectivity index (χ1n) is 7.54. The molecular weight excluding hydrogens is 192 g/mol. The third-order valence-electron chi connectivity index (χ3n) is 6.52. The topological polar surface area (TPSA) is 0 Å². The summed E-state index contributed by atoms with van der Waals surface area (Å²) in [6.07, 6.45) is 7.58. The quantitative estimate of drug-likeness (QED) is 0.598. The Morgan fingerprint density at radius 1 is 1.12 bits per heavy atom. The molecule has 3 saturated carbocycles. The molecule has 16 heavy (non-hydrogen) atoms. The van der Waals surface area contributed by atoms with E-state index in [4.69, 9.17) is 0 Å². The molecule has 0 aromatic carbocycles. The smallest absolute Gasteiger partial charge is 0.0319 e. The lowest BCUT2D eigenvalue weighted by Gasteiger charge is -2.49. The Morgan fingerprint density at radius 3 is 2.56 bits per heavy atom. The van der Waals surface area contributed by atoms with Crippen molar-refractivity contribution in [3.63, 3.8) is 0 Å². The average Bonchev–Trinajstić information content (AvgIpc) is 2.72. The Morgan fingerprint density at radius 2 is 1.88 bits per heavy atom. The first-order chi connectivity index (χ1) is 7.54. The van der Waals surface area contributed by atoms with Gasteiger partial charge in [0, 0.05) is 0 Å². The van der Waals surface area contributed by atoms with E-state index in [2.05, 4.69) is 27.7 Å². The van der Waals surface area contributed by atoms with E-state index in [9.17, 15) is 0 Å². The van der Waals surface area contributed by atoms with Crippen molar-refractivity contribution in [2.75, 3.05) is 0 Å². The minimum Gasteiger partial charge on any atom is -0.0651 e. The first-order valence-corrected chi connectivity index (χ1v) is 7.54. The van der Waals surface area contributed by atoms with Crippen LogP contribution in [0.25, 0.3) is 0 Å². The molecule has 6 atom stereocenters. The number of rotatable bonds is 1. The van der Waals surface area contributed by atoms with E-state index >= 15 is 0 Å². The van der Waals surface area contributed by atoms with Gasteiger partial charge in [0.15, 0.2) is 0 Å². The summed E-state index contributed by atoms with van der Waals surface area (Å²) in [5.41, 5.74) is 0.663. The summed E-state index contributed by atoms with van der Waals surface area (Å²) in [5, 5.41) is 0. The van der Waals surface area contributed by atoms with Crippen LogP contribution < -0.4 is 0 Å². The van der Waals surface area contributed by atoms with Gasteiger partial charge in [-0.1, -0.05) is 40.5 Å². The van der Waals surface area contributed by atoms with Crippen LogP contribution in [0.5, 0.6) is 0 Å². The Kier molecular flexibility index (Phi) is 2.43. The van der Waals surface area contributed by atoms with E-state index < -0.39 is 0 Å². The van der Waals surface area contributed by atoms with E-state index in [1.807, 2.05) is 0 Å². The summed E-state index contributed by atoms with van der Waals surface area (Å²) < 4.78 is 0. The molecule has 0 spiro atoms. The zero-order valence-corrected chi connectivity index (χ0v) is 11.5. The fourth-order valence-corrected chi connectivity index (χ4v) is 5.93. The fraction of sp³-hybridized carbons (Fsp3) is 1.00. The van der Waals surface area contributed by atoms with Gasteiger partial charge >= 0.3 is 0 Å². The lowest BCUT2D eigenvalue weighted by Crippen LogP contribution is -2.42. The van der Waals surface area contributed by atoms with Crippen molar-refractivity contribution in [3.05, 3.63) is 0 Å². The molecule has 2 bridgehead atoms. The van der Waals surface area contributed by atoms with Gasteiger partial charge in [0.2, 0.25) is 0 Å². The van der Waals surface area contributed by atoms with E-state index in [1.54, 1.807) is 6.42 Å². The van der Waals surface area contributed by atoms with Crippen molar-refractivity contribution in [3.8, 4) is 0 Å². The van der Waals surface area contributed by atoms with Gasteiger partial charge in [-0.05, 0) is 60.2 Å². The van der Waals surface area contributed by atoms with Gasteiger partial charge in [-0.2, -0.15) is 0 Å². The first kappa shape index (κ1) is 11.1. The molecular formula is C16H28. The van der Waals surface area contributed by atoms with Crippen molar-refractivity contribution in [2.24, 2.45) is 40.9 Å². The summed E-state index contributed by atoms with van der Waals surface area (Å²) in [6, 6.07) is 0. The standard InChI is InChI=1S/C16H28/c1-5-11-7-6-10(2)14-12-8-13(15(11)14)16(3,4)9-12/h10-15H,5-9H2,1-4H3. The lowest BCUT2D eigenvalue weighted by molar-refractivity contribution is -0.00677. The van der Waals surface area contributed by atoms with E-state index in [1.165, 1.54) is 25.7 Å². The van der Waals surface area contributed by atoms with Crippen LogP contribution in [0.1, 0.15) is 59.8 Å². The molecule has 3 fully saturated rings. The third-order valence-corrected chi connectivity index (χ3v) is 6.52. The Labute approximate surface area is 101 Å². The molecule has 0 aromatic heterocycles. The maximum Gasteiger partial charge on any atom is -0.0319 e. The van der Waals surface area contributed by atoms with Crippen LogP contribution >= 0.6 is 0 Å².